The molecule has 0 unspecified atom stereocenters. The fraction of sp³-hybridized carbons (Fsp3) is 0.250. The van der Waals surface area contributed by atoms with Crippen molar-refractivity contribution in [2.75, 3.05) is 26.2 Å². The number of hydrogen-bond acceptors (Lipinski definition) is 4. The molecule has 0 bridgehead atoms. The van der Waals surface area contributed by atoms with E-state index in [1.807, 2.05) is 19.1 Å². The lowest BCUT2D eigenvalue weighted by Gasteiger charge is -2.34. The van der Waals surface area contributed by atoms with E-state index >= 15 is 0 Å². The third kappa shape index (κ3) is 3.88. The number of piperazine rings is 1. The molecule has 1 fully saturated rings. The number of benzene rings is 1. The summed E-state index contributed by atoms with van der Waals surface area (Å²) in [7, 11) is 0. The van der Waals surface area contributed by atoms with E-state index in [1.165, 1.54) is 0 Å². The fourth-order valence-electron chi connectivity index (χ4n) is 3.25. The van der Waals surface area contributed by atoms with Gasteiger partial charge in [-0.3, -0.25) is 14.7 Å². The molecule has 0 saturated carbocycles. The van der Waals surface area contributed by atoms with Crippen LogP contribution in [0.3, 0.4) is 0 Å². The molecule has 0 atom stereocenters. The fourth-order valence-corrected chi connectivity index (χ4v) is 3.63. The third-order valence-corrected chi connectivity index (χ3v) is 5.66. The summed E-state index contributed by atoms with van der Waals surface area (Å²) in [6.07, 6.45) is 0. The molecule has 3 heterocycles. The molecule has 1 aromatic carbocycles. The van der Waals surface area contributed by atoms with Crippen molar-refractivity contribution in [1.29, 1.82) is 0 Å². The van der Waals surface area contributed by atoms with E-state index < -0.39 is 0 Å². The van der Waals surface area contributed by atoms with E-state index in [0.717, 1.165) is 5.76 Å². The Labute approximate surface area is 177 Å². The normalized spacial score (nSPS) is 14.3. The number of furan rings is 1. The van der Waals surface area contributed by atoms with Gasteiger partial charge in [0.2, 0.25) is 0 Å². The van der Waals surface area contributed by atoms with E-state index in [0.29, 0.717) is 53.9 Å². The van der Waals surface area contributed by atoms with Crippen molar-refractivity contribution in [2.24, 2.45) is 0 Å². The van der Waals surface area contributed by atoms with Crippen molar-refractivity contribution in [3.05, 3.63) is 63.5 Å². The summed E-state index contributed by atoms with van der Waals surface area (Å²) >= 11 is 12.2. The second kappa shape index (κ2) is 7.93. The highest BCUT2D eigenvalue weighted by atomic mass is 35.5. The molecular weight excluding hydrogens is 415 g/mol. The molecule has 150 valence electrons. The van der Waals surface area contributed by atoms with Crippen LogP contribution in [-0.2, 0) is 0 Å². The number of aromatic nitrogens is 2. The average molecular weight is 433 g/mol. The molecule has 0 spiro atoms. The van der Waals surface area contributed by atoms with Crippen LogP contribution in [0.2, 0.25) is 10.0 Å². The first-order valence-electron chi connectivity index (χ1n) is 9.09. The van der Waals surface area contributed by atoms with E-state index in [2.05, 4.69) is 10.2 Å². The molecule has 1 N–H and O–H groups in total. The van der Waals surface area contributed by atoms with Gasteiger partial charge < -0.3 is 14.2 Å². The number of aryl methyl sites for hydroxylation is 1. The maximum Gasteiger partial charge on any atom is 0.274 e. The van der Waals surface area contributed by atoms with Gasteiger partial charge >= 0.3 is 0 Å². The highest BCUT2D eigenvalue weighted by Gasteiger charge is 2.28. The van der Waals surface area contributed by atoms with Crippen LogP contribution in [0.25, 0.3) is 11.5 Å². The largest absolute Gasteiger partial charge is 0.460 e. The molecule has 0 aliphatic carbocycles. The van der Waals surface area contributed by atoms with Crippen LogP contribution >= 0.6 is 23.2 Å². The molecule has 0 radical (unpaired) electrons. The number of carbonyl (C=O) groups is 2. The minimum Gasteiger partial charge on any atom is -0.460 e. The van der Waals surface area contributed by atoms with Gasteiger partial charge in [-0.1, -0.05) is 29.3 Å². The summed E-state index contributed by atoms with van der Waals surface area (Å²) < 4.78 is 5.55. The molecule has 3 aromatic rings. The Morgan fingerprint density at radius 2 is 1.72 bits per heavy atom. The Morgan fingerprint density at radius 1 is 1.03 bits per heavy atom. The van der Waals surface area contributed by atoms with E-state index in [1.54, 1.807) is 34.1 Å². The molecule has 1 aliphatic rings. The minimum absolute atomic E-state index is 0.191. The topological polar surface area (TPSA) is 82.4 Å². The Bertz CT molecular complexity index is 1070. The Hall–Kier alpha value is -2.77. The van der Waals surface area contributed by atoms with Gasteiger partial charge in [0.1, 0.15) is 11.5 Å². The van der Waals surface area contributed by atoms with Crippen LogP contribution < -0.4 is 0 Å². The first-order chi connectivity index (χ1) is 13.9. The monoisotopic (exact) mass is 432 g/mol. The van der Waals surface area contributed by atoms with Gasteiger partial charge in [0, 0.05) is 32.2 Å². The lowest BCUT2D eigenvalue weighted by molar-refractivity contribution is 0.0532. The predicted molar refractivity (Wildman–Crippen MR) is 109 cm³/mol. The number of aromatic amines is 1. The van der Waals surface area contributed by atoms with E-state index in [4.69, 9.17) is 27.6 Å². The quantitative estimate of drug-likeness (QED) is 0.680. The van der Waals surface area contributed by atoms with Crippen LogP contribution in [-0.4, -0.2) is 58.0 Å². The number of nitrogens with one attached hydrogen (secondary N) is 1. The maximum atomic E-state index is 12.8. The molecule has 1 aliphatic heterocycles. The van der Waals surface area contributed by atoms with Gasteiger partial charge in [-0.2, -0.15) is 5.10 Å². The van der Waals surface area contributed by atoms with Crippen molar-refractivity contribution in [3.63, 3.8) is 0 Å². The molecule has 2 amide bonds. The summed E-state index contributed by atoms with van der Waals surface area (Å²) in [5.74, 6) is 1.02. The van der Waals surface area contributed by atoms with Gasteiger partial charge in [0.25, 0.3) is 11.8 Å². The third-order valence-electron chi connectivity index (χ3n) is 4.84. The van der Waals surface area contributed by atoms with Crippen molar-refractivity contribution in [2.45, 2.75) is 6.92 Å². The molecule has 2 aromatic heterocycles. The molecule has 1 saturated heterocycles. The lowest BCUT2D eigenvalue weighted by atomic mass is 10.1. The number of amides is 2. The zero-order valence-electron chi connectivity index (χ0n) is 15.6. The minimum atomic E-state index is -0.195. The van der Waals surface area contributed by atoms with E-state index in [9.17, 15) is 9.59 Å². The Kier molecular flexibility index (Phi) is 5.34. The van der Waals surface area contributed by atoms with Gasteiger partial charge in [-0.25, -0.2) is 0 Å². The van der Waals surface area contributed by atoms with Crippen LogP contribution in [0.1, 0.15) is 26.6 Å². The highest BCUT2D eigenvalue weighted by molar-refractivity contribution is 6.43. The predicted octanol–water partition coefficient (Wildman–Crippen LogP) is 3.88. The maximum absolute atomic E-state index is 12.8. The van der Waals surface area contributed by atoms with Crippen LogP contribution in [0.15, 0.2) is 40.8 Å². The van der Waals surface area contributed by atoms with Crippen molar-refractivity contribution in [1.82, 2.24) is 20.0 Å². The zero-order chi connectivity index (χ0) is 20.5. The van der Waals surface area contributed by atoms with Gasteiger partial charge in [-0.15, -0.1) is 0 Å². The van der Waals surface area contributed by atoms with Gasteiger partial charge in [0.05, 0.1) is 15.6 Å². The number of rotatable bonds is 3. The van der Waals surface area contributed by atoms with Crippen LogP contribution in [0.5, 0.6) is 0 Å². The zero-order valence-corrected chi connectivity index (χ0v) is 17.1. The number of hydrogen-bond donors (Lipinski definition) is 1. The summed E-state index contributed by atoms with van der Waals surface area (Å²) in [6, 6.07) is 10.3. The summed E-state index contributed by atoms with van der Waals surface area (Å²) in [5.41, 5.74) is 1.32. The summed E-state index contributed by atoms with van der Waals surface area (Å²) in [6.45, 7) is 3.48. The number of carbonyl (C=O) groups excluding carboxylic acids is 2. The number of H-pyrrole nitrogens is 1. The first-order valence-corrected chi connectivity index (χ1v) is 9.84. The van der Waals surface area contributed by atoms with Crippen LogP contribution in [0.4, 0.5) is 0 Å². The van der Waals surface area contributed by atoms with E-state index in [-0.39, 0.29) is 16.8 Å². The number of halogens is 2. The Balaban J connectivity index is 1.40. The SMILES string of the molecule is Cc1ccc(-c2cc(C(=O)N3CCN(C(=O)c4cccc(Cl)c4Cl)CC3)n[nH]2)o1. The molecule has 9 heteroatoms. The summed E-state index contributed by atoms with van der Waals surface area (Å²) in [4.78, 5) is 28.8. The van der Waals surface area contributed by atoms with Crippen molar-refractivity contribution in [3.8, 4) is 11.5 Å². The first kappa shape index (κ1) is 19.5. The van der Waals surface area contributed by atoms with Gasteiger partial charge in [-0.05, 0) is 31.2 Å². The molecular formula is C20H18Cl2N4O3. The lowest BCUT2D eigenvalue weighted by Crippen LogP contribution is -2.50. The standard InChI is InChI=1S/C20H18Cl2N4O3/c1-12-5-6-17(29-12)15-11-16(24-23-15)20(28)26-9-7-25(8-10-26)19(27)13-3-2-4-14(21)18(13)22/h2-6,11H,7-10H2,1H3,(H,23,24). The molecule has 4 rings (SSSR count). The van der Waals surface area contributed by atoms with Crippen LogP contribution in [0, 0.1) is 6.92 Å². The Morgan fingerprint density at radius 3 is 2.38 bits per heavy atom. The van der Waals surface area contributed by atoms with Crippen molar-refractivity contribution < 1.29 is 14.0 Å². The molecule has 7 nitrogen and oxygen atoms in total. The molecule has 29 heavy (non-hydrogen) atoms. The van der Waals surface area contributed by atoms with Crippen molar-refractivity contribution >= 4 is 35.0 Å². The average Bonchev–Trinajstić information content (AvgIpc) is 3.38. The highest BCUT2D eigenvalue weighted by Crippen LogP contribution is 2.27. The smallest absolute Gasteiger partial charge is 0.274 e. The number of nitrogens with zero attached hydrogens (tertiary/aromatic N) is 3. The second-order valence-corrected chi connectivity index (χ2v) is 7.55. The summed E-state index contributed by atoms with van der Waals surface area (Å²) in [5, 5.41) is 7.53. The van der Waals surface area contributed by atoms with Gasteiger partial charge in [0.15, 0.2) is 11.5 Å². The second-order valence-electron chi connectivity index (χ2n) is 6.76.